The molecule has 0 amide bonds. The topological polar surface area (TPSA) is 27.7 Å². The van der Waals surface area contributed by atoms with Crippen molar-refractivity contribution in [3.8, 4) is 0 Å². The fraction of sp³-hybridized carbons (Fsp3) is 1.00. The Morgan fingerprint density at radius 2 is 1.15 bits per heavy atom. The van der Waals surface area contributed by atoms with E-state index in [-0.39, 0.29) is 11.2 Å². The molecule has 0 unspecified atom stereocenters. The van der Waals surface area contributed by atoms with Crippen molar-refractivity contribution in [3.05, 3.63) is 0 Å². The van der Waals surface area contributed by atoms with E-state index < -0.39 is 9.53 Å². The molecule has 0 aromatic carbocycles. The summed E-state index contributed by atoms with van der Waals surface area (Å²) in [6.07, 6.45) is 0. The minimum atomic E-state index is -1.90. The zero-order valence-electron chi connectivity index (χ0n) is 9.80. The molecule has 0 N–H and O–H groups in total. The molecule has 0 saturated heterocycles. The van der Waals surface area contributed by atoms with Crippen LogP contribution in [0.5, 0.6) is 0 Å². The fourth-order valence-electron chi connectivity index (χ4n) is 0.698. The van der Waals surface area contributed by atoms with Gasteiger partial charge in [-0.15, -0.1) is 0 Å². The molecule has 0 aliphatic heterocycles. The SMILES string of the molecule is CC(C)(C)O[SiH](O[SiH3])OC(C)(C)C. The maximum Gasteiger partial charge on any atom is 0.473 e. The van der Waals surface area contributed by atoms with Gasteiger partial charge in [-0.05, 0) is 41.5 Å². The zero-order chi connectivity index (χ0) is 10.7. The van der Waals surface area contributed by atoms with E-state index in [1.54, 1.807) is 0 Å². The molecule has 0 aliphatic carbocycles. The van der Waals surface area contributed by atoms with E-state index in [0.29, 0.717) is 10.5 Å². The second-order valence-corrected chi connectivity index (χ2v) is 7.92. The van der Waals surface area contributed by atoms with E-state index in [0.717, 1.165) is 0 Å². The van der Waals surface area contributed by atoms with Gasteiger partial charge in [-0.3, -0.25) is 0 Å². The van der Waals surface area contributed by atoms with Gasteiger partial charge in [0.25, 0.3) is 0 Å². The summed E-state index contributed by atoms with van der Waals surface area (Å²) < 4.78 is 16.7. The van der Waals surface area contributed by atoms with Gasteiger partial charge in [0.2, 0.25) is 0 Å². The Morgan fingerprint density at radius 3 is 1.31 bits per heavy atom. The van der Waals surface area contributed by atoms with Gasteiger partial charge in [0.15, 0.2) is 0 Å². The Kier molecular flexibility index (Phi) is 4.81. The molecule has 0 aromatic rings. The summed E-state index contributed by atoms with van der Waals surface area (Å²) in [6, 6.07) is 0. The lowest BCUT2D eigenvalue weighted by atomic mass is 10.2. The summed E-state index contributed by atoms with van der Waals surface area (Å²) in [5, 5.41) is 0. The molecule has 3 nitrogen and oxygen atoms in total. The third-order valence-electron chi connectivity index (χ3n) is 1.09. The first kappa shape index (κ1) is 13.3. The highest BCUT2D eigenvalue weighted by Gasteiger charge is 2.26. The van der Waals surface area contributed by atoms with Gasteiger partial charge in [-0.25, -0.2) is 0 Å². The van der Waals surface area contributed by atoms with Crippen LogP contribution in [0.15, 0.2) is 0 Å². The van der Waals surface area contributed by atoms with Gasteiger partial charge in [-0.1, -0.05) is 0 Å². The molecule has 0 bridgehead atoms. The maximum atomic E-state index is 5.69. The Balaban J connectivity index is 4.05. The maximum absolute atomic E-state index is 5.69. The Morgan fingerprint density at radius 1 is 0.846 bits per heavy atom. The standard InChI is InChI=1S/C8H22O3Si2/c1-7(2,3)9-13(11-12)10-8(4,5)6/h13H,1-6,12H3. The lowest BCUT2D eigenvalue weighted by Gasteiger charge is -2.30. The van der Waals surface area contributed by atoms with E-state index in [2.05, 4.69) is 0 Å². The largest absolute Gasteiger partial charge is 0.473 e. The molecule has 5 heteroatoms. The Bertz CT molecular complexity index is 132. The van der Waals surface area contributed by atoms with Crippen molar-refractivity contribution in [2.75, 3.05) is 0 Å². The average Bonchev–Trinajstić information content (AvgIpc) is 1.79. The number of hydrogen-bond acceptors (Lipinski definition) is 3. The van der Waals surface area contributed by atoms with Crippen molar-refractivity contribution in [2.45, 2.75) is 52.7 Å². The molecule has 80 valence electrons. The van der Waals surface area contributed by atoms with Crippen LogP contribution in [0, 0.1) is 0 Å². The molecule has 0 rings (SSSR count). The van der Waals surface area contributed by atoms with Gasteiger partial charge in [0, 0.05) is 0 Å². The van der Waals surface area contributed by atoms with Gasteiger partial charge < -0.3 is 13.0 Å². The van der Waals surface area contributed by atoms with Gasteiger partial charge in [-0.2, -0.15) is 0 Å². The fourth-order valence-corrected chi connectivity index (χ4v) is 2.67. The first-order chi connectivity index (χ1) is 5.64. The summed E-state index contributed by atoms with van der Waals surface area (Å²) in [4.78, 5) is 0. The Hall–Kier alpha value is 0.314. The molecule has 0 atom stereocenters. The van der Waals surface area contributed by atoms with Crippen LogP contribution in [0.25, 0.3) is 0 Å². The van der Waals surface area contributed by atoms with Crippen LogP contribution in [-0.2, 0) is 13.0 Å². The van der Waals surface area contributed by atoms with E-state index in [9.17, 15) is 0 Å². The third-order valence-corrected chi connectivity index (χ3v) is 4.43. The van der Waals surface area contributed by atoms with Gasteiger partial charge in [0.05, 0.1) is 11.2 Å². The van der Waals surface area contributed by atoms with Crippen molar-refractivity contribution in [2.24, 2.45) is 0 Å². The highest BCUT2D eigenvalue weighted by Crippen LogP contribution is 2.15. The van der Waals surface area contributed by atoms with Crippen LogP contribution in [0.1, 0.15) is 41.5 Å². The smallest absolute Gasteiger partial charge is 0.427 e. The van der Waals surface area contributed by atoms with Crippen LogP contribution in [-0.4, -0.2) is 31.2 Å². The molecule has 0 heterocycles. The molecule has 0 saturated carbocycles. The summed E-state index contributed by atoms with van der Waals surface area (Å²) in [5.41, 5.74) is -0.348. The highest BCUT2D eigenvalue weighted by atomic mass is 28.4. The van der Waals surface area contributed by atoms with Gasteiger partial charge >= 0.3 is 9.53 Å². The second-order valence-electron chi connectivity index (χ2n) is 4.98. The second kappa shape index (κ2) is 4.70. The minimum absolute atomic E-state index is 0.174. The van der Waals surface area contributed by atoms with Crippen LogP contribution < -0.4 is 0 Å². The van der Waals surface area contributed by atoms with E-state index in [4.69, 9.17) is 13.0 Å². The molecular weight excluding hydrogens is 200 g/mol. The van der Waals surface area contributed by atoms with E-state index in [1.165, 1.54) is 0 Å². The van der Waals surface area contributed by atoms with Crippen molar-refractivity contribution >= 4 is 20.0 Å². The predicted octanol–water partition coefficient (Wildman–Crippen LogP) is 0.631. The van der Waals surface area contributed by atoms with E-state index in [1.807, 2.05) is 41.5 Å². The highest BCUT2D eigenvalue weighted by molar-refractivity contribution is 6.42. The van der Waals surface area contributed by atoms with Crippen LogP contribution in [0.3, 0.4) is 0 Å². The van der Waals surface area contributed by atoms with Crippen LogP contribution in [0.2, 0.25) is 0 Å². The quantitative estimate of drug-likeness (QED) is 0.656. The van der Waals surface area contributed by atoms with Crippen molar-refractivity contribution < 1.29 is 13.0 Å². The molecule has 0 spiro atoms. The Labute approximate surface area is 86.3 Å². The van der Waals surface area contributed by atoms with Crippen molar-refractivity contribution in [1.29, 1.82) is 0 Å². The molecular formula is C8H22O3Si2. The van der Waals surface area contributed by atoms with Crippen LogP contribution in [0.4, 0.5) is 0 Å². The van der Waals surface area contributed by atoms with Gasteiger partial charge in [0.1, 0.15) is 10.5 Å². The lowest BCUT2D eigenvalue weighted by molar-refractivity contribution is 0.00381. The van der Waals surface area contributed by atoms with Crippen molar-refractivity contribution in [1.82, 2.24) is 0 Å². The third kappa shape index (κ3) is 8.64. The molecule has 0 radical (unpaired) electrons. The summed E-state index contributed by atoms with van der Waals surface area (Å²) in [7, 11) is -1.23. The first-order valence-electron chi connectivity index (χ1n) is 4.52. The zero-order valence-corrected chi connectivity index (χ0v) is 13.0. The monoisotopic (exact) mass is 222 g/mol. The number of hydrogen-bond donors (Lipinski definition) is 0. The van der Waals surface area contributed by atoms with Crippen LogP contribution >= 0.6 is 0 Å². The minimum Gasteiger partial charge on any atom is -0.427 e. The lowest BCUT2D eigenvalue weighted by Crippen LogP contribution is -2.40. The normalized spacial score (nSPS) is 14.1. The molecule has 13 heavy (non-hydrogen) atoms. The molecule has 0 aromatic heterocycles. The average molecular weight is 222 g/mol. The summed E-state index contributed by atoms with van der Waals surface area (Å²) >= 11 is 0. The van der Waals surface area contributed by atoms with Crippen molar-refractivity contribution in [3.63, 3.8) is 0 Å². The number of rotatable bonds is 3. The first-order valence-corrected chi connectivity index (χ1v) is 6.75. The predicted molar refractivity (Wildman–Crippen MR) is 59.8 cm³/mol. The summed E-state index contributed by atoms with van der Waals surface area (Å²) in [6.45, 7) is 12.1. The van der Waals surface area contributed by atoms with E-state index >= 15 is 0 Å². The molecule has 0 aliphatic rings. The summed E-state index contributed by atoms with van der Waals surface area (Å²) in [5.74, 6) is 0. The molecule has 0 fully saturated rings.